The molecule has 112 valence electrons. The Kier molecular flexibility index (Phi) is 3.50. The second-order valence-electron chi connectivity index (χ2n) is 5.00. The number of aromatic hydroxyl groups is 1. The molecule has 2 aromatic heterocycles. The van der Waals surface area contributed by atoms with Gasteiger partial charge >= 0.3 is 0 Å². The maximum absolute atomic E-state index is 12.8. The molecule has 22 heavy (non-hydrogen) atoms. The van der Waals surface area contributed by atoms with Crippen LogP contribution >= 0.6 is 11.6 Å². The van der Waals surface area contributed by atoms with Crippen molar-refractivity contribution in [1.82, 2.24) is 9.38 Å². The Bertz CT molecular complexity index is 856. The molecule has 0 aliphatic rings. The highest BCUT2D eigenvalue weighted by Crippen LogP contribution is 2.22. The molecule has 0 radical (unpaired) electrons. The van der Waals surface area contributed by atoms with Gasteiger partial charge in [0.1, 0.15) is 17.1 Å². The van der Waals surface area contributed by atoms with Crippen LogP contribution in [0.3, 0.4) is 0 Å². The molecule has 2 heterocycles. The number of halogens is 1. The molecule has 3 rings (SSSR count). The number of nitrogens with zero attached hydrogens (tertiary/aromatic N) is 3. The van der Waals surface area contributed by atoms with Crippen LogP contribution in [-0.4, -0.2) is 27.4 Å². The standard InChI is InChI=1S/C16H14ClN3O2/c1-10-15(20-8-7-11(17)9-14(20)18-10)16(22)19(2)12-3-5-13(21)6-4-12/h3-9,21H,1-2H3. The number of carbonyl (C=O) groups is 1. The lowest BCUT2D eigenvalue weighted by atomic mass is 10.2. The molecule has 0 atom stereocenters. The molecule has 6 heteroatoms. The lowest BCUT2D eigenvalue weighted by Gasteiger charge is -2.17. The third kappa shape index (κ3) is 2.40. The molecule has 0 fully saturated rings. The molecule has 0 aliphatic carbocycles. The molecule has 0 bridgehead atoms. The first kappa shape index (κ1) is 14.4. The average Bonchev–Trinajstić information content (AvgIpc) is 2.81. The lowest BCUT2D eigenvalue weighted by Crippen LogP contribution is -2.28. The second-order valence-corrected chi connectivity index (χ2v) is 5.44. The van der Waals surface area contributed by atoms with E-state index in [2.05, 4.69) is 4.98 Å². The first-order valence-electron chi connectivity index (χ1n) is 6.68. The normalized spacial score (nSPS) is 10.9. The van der Waals surface area contributed by atoms with Gasteiger partial charge in [-0.1, -0.05) is 11.6 Å². The quantitative estimate of drug-likeness (QED) is 0.789. The number of benzene rings is 1. The number of aryl methyl sites for hydroxylation is 1. The van der Waals surface area contributed by atoms with Crippen LogP contribution in [0.25, 0.3) is 5.65 Å². The predicted octanol–water partition coefficient (Wildman–Crippen LogP) is 3.28. The van der Waals surface area contributed by atoms with Gasteiger partial charge < -0.3 is 10.0 Å². The Hall–Kier alpha value is -2.53. The number of pyridine rings is 1. The predicted molar refractivity (Wildman–Crippen MR) is 85.8 cm³/mol. The summed E-state index contributed by atoms with van der Waals surface area (Å²) in [4.78, 5) is 18.7. The molecule has 0 saturated carbocycles. The second kappa shape index (κ2) is 5.35. The molecule has 0 saturated heterocycles. The van der Waals surface area contributed by atoms with Crippen molar-refractivity contribution in [3.05, 3.63) is 59.0 Å². The van der Waals surface area contributed by atoms with Gasteiger partial charge in [0.25, 0.3) is 5.91 Å². The van der Waals surface area contributed by atoms with Crippen molar-refractivity contribution in [2.75, 3.05) is 11.9 Å². The van der Waals surface area contributed by atoms with E-state index in [1.165, 1.54) is 4.90 Å². The summed E-state index contributed by atoms with van der Waals surface area (Å²) in [6.07, 6.45) is 1.73. The Morgan fingerprint density at radius 3 is 2.64 bits per heavy atom. The minimum atomic E-state index is -0.182. The minimum Gasteiger partial charge on any atom is -0.508 e. The van der Waals surface area contributed by atoms with Crippen molar-refractivity contribution in [2.45, 2.75) is 6.92 Å². The summed E-state index contributed by atoms with van der Waals surface area (Å²) in [6, 6.07) is 9.88. The Morgan fingerprint density at radius 1 is 1.27 bits per heavy atom. The largest absolute Gasteiger partial charge is 0.508 e. The van der Waals surface area contributed by atoms with Gasteiger partial charge in [-0.3, -0.25) is 9.20 Å². The maximum Gasteiger partial charge on any atom is 0.276 e. The van der Waals surface area contributed by atoms with E-state index in [0.29, 0.717) is 27.7 Å². The summed E-state index contributed by atoms with van der Waals surface area (Å²) >= 11 is 5.96. The first-order valence-corrected chi connectivity index (χ1v) is 7.06. The minimum absolute atomic E-state index is 0.158. The van der Waals surface area contributed by atoms with E-state index in [1.54, 1.807) is 61.0 Å². The van der Waals surface area contributed by atoms with E-state index < -0.39 is 0 Å². The fourth-order valence-electron chi connectivity index (χ4n) is 2.35. The van der Waals surface area contributed by atoms with Crippen LogP contribution in [-0.2, 0) is 0 Å². The highest BCUT2D eigenvalue weighted by molar-refractivity contribution is 6.30. The third-order valence-electron chi connectivity index (χ3n) is 3.51. The van der Waals surface area contributed by atoms with Gasteiger partial charge in [-0.15, -0.1) is 0 Å². The van der Waals surface area contributed by atoms with Crippen molar-refractivity contribution in [2.24, 2.45) is 0 Å². The van der Waals surface area contributed by atoms with Crippen LogP contribution in [0.5, 0.6) is 5.75 Å². The topological polar surface area (TPSA) is 57.8 Å². The molecule has 1 N–H and O–H groups in total. The molecule has 1 amide bonds. The molecule has 0 unspecified atom stereocenters. The fourth-order valence-corrected chi connectivity index (χ4v) is 2.50. The first-order chi connectivity index (χ1) is 10.5. The van der Waals surface area contributed by atoms with Crippen LogP contribution in [0.1, 0.15) is 16.2 Å². The van der Waals surface area contributed by atoms with Crippen LogP contribution in [0, 0.1) is 6.92 Å². The zero-order chi connectivity index (χ0) is 15.9. The van der Waals surface area contributed by atoms with Gasteiger partial charge in [0.05, 0.1) is 5.69 Å². The Labute approximate surface area is 132 Å². The van der Waals surface area contributed by atoms with E-state index >= 15 is 0 Å². The van der Waals surface area contributed by atoms with Gasteiger partial charge in [0.2, 0.25) is 0 Å². The number of rotatable bonds is 2. The summed E-state index contributed by atoms with van der Waals surface area (Å²) in [5, 5.41) is 9.91. The number of carbonyl (C=O) groups excluding carboxylic acids is 1. The number of aromatic nitrogens is 2. The summed E-state index contributed by atoms with van der Waals surface area (Å²) < 4.78 is 1.72. The number of hydrogen-bond donors (Lipinski definition) is 1. The summed E-state index contributed by atoms with van der Waals surface area (Å²) in [5.74, 6) is -0.0248. The molecule has 5 nitrogen and oxygen atoms in total. The highest BCUT2D eigenvalue weighted by atomic mass is 35.5. The van der Waals surface area contributed by atoms with Gasteiger partial charge in [0.15, 0.2) is 0 Å². The number of imidazole rings is 1. The van der Waals surface area contributed by atoms with Gasteiger partial charge in [-0.25, -0.2) is 4.98 Å². The van der Waals surface area contributed by atoms with Gasteiger partial charge in [0, 0.05) is 30.0 Å². The van der Waals surface area contributed by atoms with Crippen LogP contribution in [0.15, 0.2) is 42.6 Å². The highest BCUT2D eigenvalue weighted by Gasteiger charge is 2.21. The van der Waals surface area contributed by atoms with E-state index in [4.69, 9.17) is 11.6 Å². The SMILES string of the molecule is Cc1nc2cc(Cl)ccn2c1C(=O)N(C)c1ccc(O)cc1. The van der Waals surface area contributed by atoms with E-state index in [-0.39, 0.29) is 11.7 Å². The monoisotopic (exact) mass is 315 g/mol. The zero-order valence-electron chi connectivity index (χ0n) is 12.1. The van der Waals surface area contributed by atoms with Crippen LogP contribution < -0.4 is 4.90 Å². The summed E-state index contributed by atoms with van der Waals surface area (Å²) in [6.45, 7) is 1.79. The number of hydrogen-bond acceptors (Lipinski definition) is 3. The Morgan fingerprint density at radius 2 is 1.95 bits per heavy atom. The van der Waals surface area contributed by atoms with Crippen molar-refractivity contribution in [3.63, 3.8) is 0 Å². The van der Waals surface area contributed by atoms with Crippen molar-refractivity contribution in [3.8, 4) is 5.75 Å². The van der Waals surface area contributed by atoms with Crippen LogP contribution in [0.2, 0.25) is 5.02 Å². The molecule has 3 aromatic rings. The number of phenolic OH excluding ortho intramolecular Hbond substituents is 1. The van der Waals surface area contributed by atoms with Gasteiger partial charge in [-0.05, 0) is 37.3 Å². The summed E-state index contributed by atoms with van der Waals surface area (Å²) in [5.41, 5.74) is 2.44. The van der Waals surface area contributed by atoms with Crippen molar-refractivity contribution in [1.29, 1.82) is 0 Å². The van der Waals surface area contributed by atoms with E-state index in [0.717, 1.165) is 0 Å². The molecule has 0 spiro atoms. The molecular formula is C16H14ClN3O2. The van der Waals surface area contributed by atoms with Crippen molar-refractivity contribution < 1.29 is 9.90 Å². The lowest BCUT2D eigenvalue weighted by molar-refractivity contribution is 0.0986. The number of phenols is 1. The number of amides is 1. The smallest absolute Gasteiger partial charge is 0.276 e. The molecule has 0 aliphatic heterocycles. The molecule has 1 aromatic carbocycles. The average molecular weight is 316 g/mol. The number of fused-ring (bicyclic) bond motifs is 1. The zero-order valence-corrected chi connectivity index (χ0v) is 12.9. The van der Waals surface area contributed by atoms with Crippen molar-refractivity contribution >= 4 is 28.8 Å². The van der Waals surface area contributed by atoms with Gasteiger partial charge in [-0.2, -0.15) is 0 Å². The van der Waals surface area contributed by atoms with E-state index in [1.807, 2.05) is 0 Å². The fraction of sp³-hybridized carbons (Fsp3) is 0.125. The van der Waals surface area contributed by atoms with Crippen LogP contribution in [0.4, 0.5) is 5.69 Å². The number of anilines is 1. The Balaban J connectivity index is 2.05. The maximum atomic E-state index is 12.8. The molecular weight excluding hydrogens is 302 g/mol. The third-order valence-corrected chi connectivity index (χ3v) is 3.74. The summed E-state index contributed by atoms with van der Waals surface area (Å²) in [7, 11) is 1.68. The van der Waals surface area contributed by atoms with E-state index in [9.17, 15) is 9.90 Å².